The molecule has 15 unspecified atom stereocenters. The first-order valence-corrected chi connectivity index (χ1v) is 39.5. The molecule has 15 rings (SSSR count). The summed E-state index contributed by atoms with van der Waals surface area (Å²) in [4.78, 5) is 5.60. The van der Waals surface area contributed by atoms with Gasteiger partial charge >= 0.3 is 0 Å². The highest BCUT2D eigenvalue weighted by Crippen LogP contribution is 2.52. The maximum Gasteiger partial charge on any atom is 0.161 e. The van der Waals surface area contributed by atoms with Crippen molar-refractivity contribution >= 4 is 0 Å². The zero-order valence-electron chi connectivity index (χ0n) is 125. The lowest BCUT2D eigenvalue weighted by atomic mass is 9.75. The number of ether oxygens (including phenoxy) is 10. The van der Waals surface area contributed by atoms with Crippen LogP contribution in [0.2, 0.25) is 0 Å². The van der Waals surface area contributed by atoms with Gasteiger partial charge in [0.05, 0.1) is 121 Å². The van der Waals surface area contributed by atoms with Gasteiger partial charge in [-0.1, -0.05) is 96.4 Å². The van der Waals surface area contributed by atoms with Crippen LogP contribution < -0.4 is 47.4 Å². The van der Waals surface area contributed by atoms with Crippen LogP contribution >= 0.6 is 0 Å². The molecule has 10 heterocycles. The lowest BCUT2D eigenvalue weighted by Crippen LogP contribution is -2.48. The molecule has 5 N–H and O–H groups in total. The molecule has 5 aromatic rings. The van der Waals surface area contributed by atoms with Crippen molar-refractivity contribution in [2.75, 3.05) is 136 Å². The minimum atomic E-state index is -3.40. The minimum absolute atomic E-state index is 0.0147. The van der Waals surface area contributed by atoms with E-state index in [2.05, 4.69) is 0 Å². The standard InChI is InChI=1S/4C20H31NO3.C19H29NO3/c4*1-20(2,3)11-14-12-21-7-6-13-8-18(23-4)19(24-5)9-15(13)16(21)10-17(14)22;1-12(2)7-14-11-20-6-5-13-8-18(22-3)19(23-4)9-15(13)16(20)10-17(14)21/h4*8-9,14,16-17,22H,6-7,10-12H2,1-5H3;8-9,12,14,16-17,21H,5-7,10-11H2,1-4H3/i2*1D3,2D3,5D3,11D2,12D2,16D;2*1D3,2D3,11D2,12D2,16D;4D3,11D2,16D. The van der Waals surface area contributed by atoms with Crippen molar-refractivity contribution in [3.8, 4) is 57.5 Å². The van der Waals surface area contributed by atoms with Crippen LogP contribution in [-0.4, -0.2) is 217 Å². The number of methoxy groups -OCH3 is 10. The highest BCUT2D eigenvalue weighted by molar-refractivity contribution is 5.54. The van der Waals surface area contributed by atoms with E-state index in [4.69, 9.17) is 119 Å². The Bertz CT molecular complexity index is 6270. The third kappa shape index (κ3) is 22.8. The van der Waals surface area contributed by atoms with E-state index >= 15 is 0 Å². The van der Waals surface area contributed by atoms with Gasteiger partial charge in [-0.25, -0.2) is 0 Å². The topological polar surface area (TPSA) is 210 Å². The van der Waals surface area contributed by atoms with Gasteiger partial charge in [-0.15, -0.1) is 0 Å². The van der Waals surface area contributed by atoms with E-state index < -0.39 is 271 Å². The Balaban J connectivity index is 0.000000204. The molecule has 15 atom stereocenters. The van der Waals surface area contributed by atoms with Gasteiger partial charge in [-0.05, 0) is 270 Å². The second-order valence-electron chi connectivity index (χ2n) is 32.0. The highest BCUT2D eigenvalue weighted by Gasteiger charge is 2.46. The number of aliphatic hydroxyl groups is 5. The molecule has 5 saturated heterocycles. The number of hydrogen-bond acceptors (Lipinski definition) is 20. The van der Waals surface area contributed by atoms with Crippen molar-refractivity contribution in [2.24, 2.45) is 57.2 Å². The molecule has 10 aliphatic rings. The van der Waals surface area contributed by atoms with E-state index in [0.29, 0.717) is 95.2 Å². The number of fused-ring (bicyclic) bond motifs is 15. The average Bonchev–Trinajstić information content (AvgIpc) is 0.690. The summed E-state index contributed by atoms with van der Waals surface area (Å²) >= 11 is 0. The summed E-state index contributed by atoms with van der Waals surface area (Å²) in [6, 6.07) is 5.54. The smallest absolute Gasteiger partial charge is 0.161 e. The van der Waals surface area contributed by atoms with E-state index in [-0.39, 0.29) is 110 Å². The molecule has 10 aliphatic heterocycles. The summed E-state index contributed by atoms with van der Waals surface area (Å²) in [7, 11) is 1.30. The van der Waals surface area contributed by atoms with E-state index in [1.54, 1.807) is 18.2 Å². The summed E-state index contributed by atoms with van der Waals surface area (Å²) in [6.45, 7) is -33.4. The minimum Gasteiger partial charge on any atom is -0.493 e. The Morgan fingerprint density at radius 2 is 0.513 bits per heavy atom. The number of aliphatic hydroxyl groups excluding tert-OH is 5. The maximum absolute atomic E-state index is 11.2. The van der Waals surface area contributed by atoms with Gasteiger partial charge in [0.2, 0.25) is 0 Å². The zero-order valence-corrected chi connectivity index (χ0v) is 69.5. The number of nitrogens with zero attached hydrogens (tertiary/aromatic N) is 5. The van der Waals surface area contributed by atoms with Crippen molar-refractivity contribution in [1.29, 1.82) is 0 Å². The number of piperidine rings is 5. The van der Waals surface area contributed by atoms with Gasteiger partial charge < -0.3 is 72.9 Å². The SMILES string of the molecule is [2H]C([2H])([2H])Oc1cc2c(cc1OC)CCN1C2([2H])CC(O)C(C([2H])([2H])C(C)(C([2H])([2H])[2H])C([2H])([2H])[2H])C1([2H])[2H].[2H]C([2H])([2H])Oc1cc2c(cc1OC)CCN1C2([2H])CC(O)C(C([2H])([2H])C(C)(C([2H])([2H])[2H])C([2H])([2H])[2H])C1([2H])[2H].[2H]C([2H])([2H])Oc1cc2c(cc1OC)CCN1C2([2H])CC(O)C(CC(C)C)C1([2H])[2H].[2H]C12CC(O)C(C([2H])([2H])C(C)(C([2H])([2H])[2H])C([2H])([2H])[2H])C([2H])([2H])N1CCc1cc(OC)c(OC)cc12.[2H]C12CC(O)C(C([2H])([2H])C(C)(C([2H])([2H])[2H])C([2H])([2H])[2H])C([2H])([2H])N1CCc1cc(OC)c(OC)cc12. The molecule has 20 heteroatoms. The van der Waals surface area contributed by atoms with E-state index in [0.717, 1.165) is 39.0 Å². The monoisotopic (exact) mass is 1710 g/mol. The molecule has 0 amide bonds. The van der Waals surface area contributed by atoms with Crippen LogP contribution in [0.1, 0.15) is 323 Å². The fourth-order valence-corrected chi connectivity index (χ4v) is 16.5. The Hall–Kier alpha value is -6.30. The van der Waals surface area contributed by atoms with E-state index in [9.17, 15) is 31.0 Å². The largest absolute Gasteiger partial charge is 0.493 e. The van der Waals surface area contributed by atoms with Crippen molar-refractivity contribution in [3.05, 3.63) is 116 Å². The third-order valence-electron chi connectivity index (χ3n) is 21.9. The fourth-order valence-electron chi connectivity index (χ4n) is 16.5. The molecule has 119 heavy (non-hydrogen) atoms. The van der Waals surface area contributed by atoms with Crippen LogP contribution in [0.25, 0.3) is 0 Å². The Kier molecular flexibility index (Phi) is 14.7. The first kappa shape index (κ1) is 44.0. The fraction of sp³-hybridized carbons (Fsp3) is 0.697. The number of hydrogen-bond donors (Lipinski definition) is 5. The van der Waals surface area contributed by atoms with Crippen LogP contribution in [0.5, 0.6) is 57.5 Å². The van der Waals surface area contributed by atoms with Crippen LogP contribution in [0.15, 0.2) is 60.7 Å². The first-order chi connectivity index (χ1) is 78.4. The van der Waals surface area contributed by atoms with Gasteiger partial charge in [0, 0.05) is 153 Å². The summed E-state index contributed by atoms with van der Waals surface area (Å²) < 4.78 is 512. The summed E-state index contributed by atoms with van der Waals surface area (Å²) in [5, 5.41) is 55.5. The number of benzene rings is 5. The predicted molar refractivity (Wildman–Crippen MR) is 474 cm³/mol. The van der Waals surface area contributed by atoms with Crippen LogP contribution in [0, 0.1) is 57.2 Å². The van der Waals surface area contributed by atoms with Gasteiger partial charge in [0.15, 0.2) is 57.5 Å². The second-order valence-corrected chi connectivity index (χ2v) is 32.0. The average molecular weight is 1710 g/mol. The van der Waals surface area contributed by atoms with Gasteiger partial charge in [0.1, 0.15) is 0 Å². The van der Waals surface area contributed by atoms with Crippen molar-refractivity contribution in [1.82, 2.24) is 24.5 Å². The predicted octanol–water partition coefficient (Wildman–Crippen LogP) is 16.7. The molecule has 5 fully saturated rings. The molecule has 20 nitrogen and oxygen atoms in total. The van der Waals surface area contributed by atoms with Crippen LogP contribution in [0.4, 0.5) is 0 Å². The first-order valence-electron chi connectivity index (χ1n) is 67.5. The molecule has 0 aliphatic carbocycles. The Morgan fingerprint density at radius 1 is 0.328 bits per heavy atom. The molecule has 0 bridgehead atoms. The van der Waals surface area contributed by atoms with Crippen LogP contribution in [-0.2, 0) is 32.1 Å². The highest BCUT2D eigenvalue weighted by atomic mass is 16.5. The quantitative estimate of drug-likeness (QED) is 0.0622. The van der Waals surface area contributed by atoms with Gasteiger partial charge in [-0.2, -0.15) is 0 Å². The molecule has 0 spiro atoms. The van der Waals surface area contributed by atoms with Crippen molar-refractivity contribution in [2.45, 2.75) is 253 Å². The zero-order chi connectivity index (χ0) is 135. The van der Waals surface area contributed by atoms with Gasteiger partial charge in [-0.3, -0.25) is 24.5 Å². The van der Waals surface area contributed by atoms with Crippen molar-refractivity contribution < 1.29 is 150 Å². The third-order valence-corrected chi connectivity index (χ3v) is 21.9. The molecule has 0 aromatic heterocycles. The molecular formula is C99H153N5O15. The lowest BCUT2D eigenvalue weighted by Gasteiger charge is -2.47. The summed E-state index contributed by atoms with van der Waals surface area (Å²) in [5.74, 6) is -7.55. The normalized spacial score (nSPS) is 41.2. The Morgan fingerprint density at radius 3 is 0.697 bits per heavy atom. The number of rotatable bonds is 16. The van der Waals surface area contributed by atoms with Crippen molar-refractivity contribution in [3.63, 3.8) is 0 Å². The lowest BCUT2D eigenvalue weighted by molar-refractivity contribution is -0.0259. The Labute approximate surface area is 793 Å². The van der Waals surface area contributed by atoms with Gasteiger partial charge in [0.25, 0.3) is 0 Å². The molecule has 0 radical (unpaired) electrons. The van der Waals surface area contributed by atoms with Crippen LogP contribution in [0.3, 0.4) is 0 Å². The summed E-state index contributed by atoms with van der Waals surface area (Å²) in [6.07, 6.45) is -22.1. The maximum atomic E-state index is 11.2. The molecule has 664 valence electrons. The molecule has 5 aromatic carbocycles. The summed E-state index contributed by atoms with van der Waals surface area (Å²) in [5.41, 5.74) is -7.71. The van der Waals surface area contributed by atoms with E-state index in [1.807, 2.05) is 13.8 Å². The van der Waals surface area contributed by atoms with E-state index in [1.165, 1.54) is 97.1 Å². The molecule has 0 saturated carbocycles. The second kappa shape index (κ2) is 39.7. The molecular weight excluding hydrogens is 1500 g/mol.